The minimum Gasteiger partial charge on any atom is -0.291 e. The molecule has 5 rings (SSSR count). The van der Waals surface area contributed by atoms with Gasteiger partial charge in [0.25, 0.3) is 5.56 Å². The Kier molecular flexibility index (Phi) is 5.65. The van der Waals surface area contributed by atoms with Crippen molar-refractivity contribution in [3.05, 3.63) is 92.1 Å². The number of nitrogens with zero attached hydrogens (tertiary/aromatic N) is 5. The molecular weight excluding hydrogens is 489 g/mol. The molecule has 0 radical (unpaired) electrons. The number of hydrogen-bond acceptors (Lipinski definition) is 6. The van der Waals surface area contributed by atoms with E-state index in [0.717, 1.165) is 15.9 Å². The molecule has 0 amide bonds. The molecule has 2 aromatic carbocycles. The van der Waals surface area contributed by atoms with Crippen molar-refractivity contribution < 1.29 is 4.39 Å². The predicted molar refractivity (Wildman–Crippen MR) is 132 cm³/mol. The number of aromatic nitrogens is 3. The van der Waals surface area contributed by atoms with Crippen LogP contribution in [0.2, 0.25) is 5.02 Å². The Balaban J connectivity index is 1.86. The van der Waals surface area contributed by atoms with Crippen LogP contribution in [-0.4, -0.2) is 14.1 Å². The molecule has 0 spiro atoms. The molecule has 0 N–H and O–H groups in total. The summed E-state index contributed by atoms with van der Waals surface area (Å²) in [6, 6.07) is 14.6. The van der Waals surface area contributed by atoms with Gasteiger partial charge < -0.3 is 0 Å². The minimum atomic E-state index is -0.635. The van der Waals surface area contributed by atoms with Crippen molar-refractivity contribution in [3.8, 4) is 28.3 Å². The third-order valence-electron chi connectivity index (χ3n) is 5.58. The van der Waals surface area contributed by atoms with Gasteiger partial charge in [-0.1, -0.05) is 17.7 Å². The van der Waals surface area contributed by atoms with Crippen LogP contribution >= 0.6 is 22.9 Å². The molecule has 35 heavy (non-hydrogen) atoms. The van der Waals surface area contributed by atoms with Gasteiger partial charge in [-0.25, -0.2) is 13.8 Å². The van der Waals surface area contributed by atoms with Crippen LogP contribution in [0.4, 0.5) is 4.39 Å². The molecule has 3 aromatic heterocycles. The number of hydrogen-bond donors (Lipinski definition) is 0. The van der Waals surface area contributed by atoms with Gasteiger partial charge in [-0.3, -0.25) is 14.3 Å². The van der Waals surface area contributed by atoms with Crippen molar-refractivity contribution in [2.45, 2.75) is 13.0 Å². The molecule has 0 unspecified atom stereocenters. The number of fused-ring (bicyclic) bond motifs is 2. The van der Waals surface area contributed by atoms with E-state index in [1.807, 2.05) is 6.07 Å². The summed E-state index contributed by atoms with van der Waals surface area (Å²) < 4.78 is 16.2. The molecule has 0 aliphatic heterocycles. The Morgan fingerprint density at radius 2 is 1.91 bits per heavy atom. The molecule has 0 bridgehead atoms. The number of rotatable bonds is 4. The molecular formula is C25H13ClFN5O2S. The fourth-order valence-corrected chi connectivity index (χ4v) is 5.41. The lowest BCUT2D eigenvalue weighted by molar-refractivity contribution is 0.628. The van der Waals surface area contributed by atoms with Gasteiger partial charge in [0.05, 0.1) is 46.5 Å². The zero-order chi connectivity index (χ0) is 24.7. The van der Waals surface area contributed by atoms with E-state index in [4.69, 9.17) is 16.9 Å². The number of aryl methyl sites for hydroxylation is 1. The Morgan fingerprint density at radius 3 is 2.66 bits per heavy atom. The Bertz CT molecular complexity index is 1860. The van der Waals surface area contributed by atoms with Gasteiger partial charge >= 0.3 is 5.69 Å². The molecule has 3 heterocycles. The van der Waals surface area contributed by atoms with Crippen LogP contribution in [0.25, 0.3) is 37.1 Å². The lowest BCUT2D eigenvalue weighted by atomic mass is 10.1. The maximum absolute atomic E-state index is 13.7. The number of halogens is 2. The average molecular weight is 502 g/mol. The maximum Gasteiger partial charge on any atom is 0.336 e. The van der Waals surface area contributed by atoms with Crippen LogP contribution in [0.15, 0.2) is 64.4 Å². The SMILES string of the molecule is N#CCCn1c(=O)n(-c2cncc3ccc(C#N)cc23)c(=O)c2sc(-c3ccc(F)cc3Cl)cc21. The summed E-state index contributed by atoms with van der Waals surface area (Å²) in [5, 5.41) is 19.8. The second-order valence-electron chi connectivity index (χ2n) is 7.64. The Hall–Kier alpha value is -4.31. The van der Waals surface area contributed by atoms with Crippen LogP contribution in [0.3, 0.4) is 0 Å². The highest BCUT2D eigenvalue weighted by Gasteiger charge is 2.20. The van der Waals surface area contributed by atoms with Gasteiger partial charge in [-0.05, 0) is 36.4 Å². The van der Waals surface area contributed by atoms with Crippen molar-refractivity contribution in [1.82, 2.24) is 14.1 Å². The highest BCUT2D eigenvalue weighted by Crippen LogP contribution is 2.36. The molecule has 0 atom stereocenters. The predicted octanol–water partition coefficient (Wildman–Crippen LogP) is 5.01. The summed E-state index contributed by atoms with van der Waals surface area (Å²) in [6.45, 7) is 0.0566. The van der Waals surface area contributed by atoms with E-state index in [1.54, 1.807) is 30.5 Å². The van der Waals surface area contributed by atoms with E-state index in [1.165, 1.54) is 29.0 Å². The maximum atomic E-state index is 13.7. The van der Waals surface area contributed by atoms with E-state index in [-0.39, 0.29) is 28.4 Å². The van der Waals surface area contributed by atoms with Crippen molar-refractivity contribution in [1.29, 1.82) is 10.5 Å². The number of nitriles is 2. The third-order valence-corrected chi connectivity index (χ3v) is 7.03. The van der Waals surface area contributed by atoms with Crippen LogP contribution in [0.5, 0.6) is 0 Å². The first-order valence-corrected chi connectivity index (χ1v) is 11.5. The molecule has 0 aliphatic carbocycles. The van der Waals surface area contributed by atoms with Gasteiger partial charge in [0.15, 0.2) is 0 Å². The summed E-state index contributed by atoms with van der Waals surface area (Å²) in [7, 11) is 0. The second-order valence-corrected chi connectivity index (χ2v) is 9.10. The zero-order valence-corrected chi connectivity index (χ0v) is 19.4. The summed E-state index contributed by atoms with van der Waals surface area (Å²) >= 11 is 7.36. The van der Waals surface area contributed by atoms with E-state index in [9.17, 15) is 19.2 Å². The highest BCUT2D eigenvalue weighted by atomic mass is 35.5. The van der Waals surface area contributed by atoms with E-state index in [0.29, 0.717) is 32.3 Å². The number of benzene rings is 2. The summed E-state index contributed by atoms with van der Waals surface area (Å²) in [4.78, 5) is 32.0. The van der Waals surface area contributed by atoms with Gasteiger partial charge in [-0.2, -0.15) is 10.5 Å². The summed E-state index contributed by atoms with van der Waals surface area (Å²) in [6.07, 6.45) is 3.03. The first kappa shape index (κ1) is 22.5. The van der Waals surface area contributed by atoms with Gasteiger partial charge in [0.1, 0.15) is 10.5 Å². The van der Waals surface area contributed by atoms with Crippen molar-refractivity contribution in [2.75, 3.05) is 0 Å². The van der Waals surface area contributed by atoms with Crippen LogP contribution < -0.4 is 11.2 Å². The van der Waals surface area contributed by atoms with Gasteiger partial charge in [0.2, 0.25) is 0 Å². The van der Waals surface area contributed by atoms with Crippen molar-refractivity contribution >= 4 is 43.9 Å². The lowest BCUT2D eigenvalue weighted by Gasteiger charge is -2.12. The summed E-state index contributed by atoms with van der Waals surface area (Å²) in [5.74, 6) is -0.492. The second kappa shape index (κ2) is 8.80. The molecule has 0 fully saturated rings. The van der Waals surface area contributed by atoms with Crippen molar-refractivity contribution in [2.24, 2.45) is 0 Å². The van der Waals surface area contributed by atoms with E-state index >= 15 is 0 Å². The van der Waals surface area contributed by atoms with Crippen LogP contribution in [-0.2, 0) is 6.54 Å². The Labute approximate surface area is 206 Å². The van der Waals surface area contributed by atoms with E-state index in [2.05, 4.69) is 11.1 Å². The normalized spacial score (nSPS) is 11.0. The lowest BCUT2D eigenvalue weighted by Crippen LogP contribution is -2.38. The smallest absolute Gasteiger partial charge is 0.291 e. The Morgan fingerprint density at radius 1 is 1.09 bits per heavy atom. The zero-order valence-electron chi connectivity index (χ0n) is 17.8. The average Bonchev–Trinajstić information content (AvgIpc) is 3.29. The first-order valence-electron chi connectivity index (χ1n) is 10.3. The van der Waals surface area contributed by atoms with Crippen LogP contribution in [0.1, 0.15) is 12.0 Å². The molecule has 10 heteroatoms. The molecule has 5 aromatic rings. The molecule has 0 saturated carbocycles. The first-order chi connectivity index (χ1) is 16.9. The quantitative estimate of drug-likeness (QED) is 0.344. The molecule has 0 saturated heterocycles. The number of thiophene rings is 1. The fraction of sp³-hybridized carbons (Fsp3) is 0.0800. The molecule has 0 aliphatic rings. The third kappa shape index (κ3) is 3.77. The summed E-state index contributed by atoms with van der Waals surface area (Å²) in [5.41, 5.74) is 0.279. The minimum absolute atomic E-state index is 0.0437. The largest absolute Gasteiger partial charge is 0.336 e. The highest BCUT2D eigenvalue weighted by molar-refractivity contribution is 7.22. The standard InChI is InChI=1S/C25H13ClFN5O2S/c26-19-9-16(27)4-5-17(19)22-10-20-23(35-22)24(33)32(25(34)31(20)7-1-6-28)21-13-30-12-15-3-2-14(11-29)8-18(15)21/h2-5,8-10,12-13H,1,7H2. The van der Waals surface area contributed by atoms with Crippen molar-refractivity contribution in [3.63, 3.8) is 0 Å². The fourth-order valence-electron chi connectivity index (χ4n) is 3.96. The molecule has 7 nitrogen and oxygen atoms in total. The van der Waals surface area contributed by atoms with E-state index < -0.39 is 17.1 Å². The van der Waals surface area contributed by atoms with Crippen LogP contribution in [0, 0.1) is 28.5 Å². The number of pyridine rings is 1. The van der Waals surface area contributed by atoms with Gasteiger partial charge in [0, 0.05) is 34.0 Å². The monoisotopic (exact) mass is 501 g/mol. The molecule has 170 valence electrons. The topological polar surface area (TPSA) is 104 Å². The van der Waals surface area contributed by atoms with Gasteiger partial charge in [-0.15, -0.1) is 11.3 Å².